The average Bonchev–Trinajstić information content (AvgIpc) is 3.14. The van der Waals surface area contributed by atoms with Gasteiger partial charge in [-0.05, 0) is 47.3 Å². The van der Waals surface area contributed by atoms with E-state index in [9.17, 15) is 10.1 Å². The molecule has 2 aromatic carbocycles. The highest BCUT2D eigenvalue weighted by atomic mass is 32.1. The Balaban J connectivity index is 0.000000133. The van der Waals surface area contributed by atoms with Crippen molar-refractivity contribution >= 4 is 54.9 Å². The fourth-order valence-corrected chi connectivity index (χ4v) is 2.88. The second-order valence-corrected chi connectivity index (χ2v) is 5.75. The molecule has 0 aliphatic rings. The third kappa shape index (κ3) is 2.97. The van der Waals surface area contributed by atoms with Crippen molar-refractivity contribution in [1.29, 1.82) is 0 Å². The lowest BCUT2D eigenvalue weighted by atomic mass is 10.3. The van der Waals surface area contributed by atoms with Crippen LogP contribution in [0.3, 0.4) is 0 Å². The van der Waals surface area contributed by atoms with Crippen LogP contribution in [0.2, 0.25) is 0 Å². The second-order valence-electron chi connectivity index (χ2n) is 4.18. The third-order valence-electron chi connectivity index (χ3n) is 2.71. The molecule has 0 saturated heterocycles. The first-order valence-electron chi connectivity index (χ1n) is 5.97. The smallest absolute Gasteiger partial charge is 0.271 e. The van der Waals surface area contributed by atoms with Crippen LogP contribution >= 0.6 is 23.1 Å². The monoisotopic (exact) mass is 332 g/mol. The molecule has 0 spiro atoms. The van der Waals surface area contributed by atoms with Crippen LogP contribution in [-0.4, -0.2) is 24.1 Å². The minimum absolute atomic E-state index is 0.0774. The van der Waals surface area contributed by atoms with Crippen molar-refractivity contribution < 1.29 is 4.92 Å². The Kier molecular flexibility index (Phi) is 3.85. The van der Waals surface area contributed by atoms with Gasteiger partial charge in [0.15, 0.2) is 0 Å². The summed E-state index contributed by atoms with van der Waals surface area (Å²) < 4.78 is 9.23. The van der Waals surface area contributed by atoms with E-state index in [0.29, 0.717) is 5.52 Å². The molecule has 0 unspecified atom stereocenters. The predicted octanol–water partition coefficient (Wildman–Crippen LogP) is 2.87. The number of aromatic nitrogens is 4. The van der Waals surface area contributed by atoms with Gasteiger partial charge < -0.3 is 5.73 Å². The van der Waals surface area contributed by atoms with Gasteiger partial charge in [-0.1, -0.05) is 8.98 Å². The van der Waals surface area contributed by atoms with Gasteiger partial charge in [0.2, 0.25) is 0 Å². The number of benzene rings is 2. The highest BCUT2D eigenvalue weighted by Crippen LogP contribution is 2.21. The third-order valence-corrected chi connectivity index (χ3v) is 4.09. The first-order valence-corrected chi connectivity index (χ1v) is 7.52. The summed E-state index contributed by atoms with van der Waals surface area (Å²) in [5, 5.41) is 18.0. The molecule has 22 heavy (non-hydrogen) atoms. The molecule has 0 aliphatic carbocycles. The van der Waals surface area contributed by atoms with Crippen LogP contribution in [0.25, 0.3) is 20.4 Å². The fourth-order valence-electron chi connectivity index (χ4n) is 1.68. The summed E-state index contributed by atoms with van der Waals surface area (Å²) in [5.41, 5.74) is 7.99. The Morgan fingerprint density at radius 3 is 2.18 bits per heavy atom. The average molecular weight is 332 g/mol. The molecule has 8 nitrogen and oxygen atoms in total. The van der Waals surface area contributed by atoms with Crippen molar-refractivity contribution in [3.05, 3.63) is 46.5 Å². The number of nitrogen functional groups attached to an aromatic ring is 1. The van der Waals surface area contributed by atoms with Crippen LogP contribution in [0.1, 0.15) is 0 Å². The van der Waals surface area contributed by atoms with E-state index in [0.717, 1.165) is 32.1 Å². The number of nitrogens with two attached hydrogens (primary N) is 1. The van der Waals surface area contributed by atoms with Crippen LogP contribution in [0.15, 0.2) is 36.4 Å². The van der Waals surface area contributed by atoms with Gasteiger partial charge >= 0.3 is 0 Å². The van der Waals surface area contributed by atoms with Crippen molar-refractivity contribution in [2.75, 3.05) is 5.73 Å². The Hall–Kier alpha value is -2.72. The number of nitro groups is 1. The molecule has 2 heterocycles. The molecule has 0 radical (unpaired) electrons. The van der Waals surface area contributed by atoms with Crippen LogP contribution in [0, 0.1) is 10.1 Å². The predicted molar refractivity (Wildman–Crippen MR) is 85.9 cm³/mol. The van der Waals surface area contributed by atoms with E-state index in [4.69, 9.17) is 5.73 Å². The largest absolute Gasteiger partial charge is 0.399 e. The van der Waals surface area contributed by atoms with Gasteiger partial charge in [0.05, 0.1) is 14.3 Å². The van der Waals surface area contributed by atoms with E-state index in [1.165, 1.54) is 23.7 Å². The van der Waals surface area contributed by atoms with Crippen molar-refractivity contribution in [2.24, 2.45) is 0 Å². The Labute approximate surface area is 131 Å². The maximum atomic E-state index is 10.3. The van der Waals surface area contributed by atoms with Crippen molar-refractivity contribution in [2.45, 2.75) is 0 Å². The Morgan fingerprint density at radius 2 is 1.55 bits per heavy atom. The van der Waals surface area contributed by atoms with Crippen LogP contribution in [0.4, 0.5) is 11.4 Å². The number of non-ortho nitro benzene ring substituents is 1. The molecule has 0 atom stereocenters. The molecule has 2 aromatic heterocycles. The van der Waals surface area contributed by atoms with Crippen molar-refractivity contribution in [3.8, 4) is 0 Å². The van der Waals surface area contributed by atoms with Gasteiger partial charge in [-0.25, -0.2) is 0 Å². The van der Waals surface area contributed by atoms with Crippen LogP contribution in [0.5, 0.6) is 0 Å². The standard InChI is InChI=1S/C6H3N3O2S.C6H5N3S/c10-9(11)4-1-2-5-6(3-4)12-8-7-5;7-4-1-2-5-6(3-4)10-9-8-5/h1-3H;1-3H,7H2. The van der Waals surface area contributed by atoms with Crippen molar-refractivity contribution in [1.82, 2.24) is 19.2 Å². The summed E-state index contributed by atoms with van der Waals surface area (Å²) in [5.74, 6) is 0. The summed E-state index contributed by atoms with van der Waals surface area (Å²) in [4.78, 5) is 9.90. The normalized spacial score (nSPS) is 10.4. The molecule has 10 heteroatoms. The lowest BCUT2D eigenvalue weighted by Crippen LogP contribution is -1.85. The van der Waals surface area contributed by atoms with E-state index < -0.39 is 4.92 Å². The second kappa shape index (κ2) is 5.95. The number of hydrogen-bond acceptors (Lipinski definition) is 9. The number of hydrogen-bond donors (Lipinski definition) is 1. The van der Waals surface area contributed by atoms with E-state index in [2.05, 4.69) is 19.2 Å². The van der Waals surface area contributed by atoms with E-state index in [-0.39, 0.29) is 5.69 Å². The van der Waals surface area contributed by atoms with E-state index in [1.807, 2.05) is 18.2 Å². The molecule has 0 fully saturated rings. The zero-order valence-electron chi connectivity index (χ0n) is 10.9. The number of rotatable bonds is 1. The maximum Gasteiger partial charge on any atom is 0.271 e. The number of anilines is 1. The molecular weight excluding hydrogens is 324 g/mol. The van der Waals surface area contributed by atoms with Gasteiger partial charge in [-0.15, -0.1) is 10.2 Å². The van der Waals surface area contributed by atoms with Gasteiger partial charge in [-0.2, -0.15) is 0 Å². The van der Waals surface area contributed by atoms with Crippen LogP contribution < -0.4 is 5.73 Å². The topological polar surface area (TPSA) is 121 Å². The van der Waals surface area contributed by atoms with Gasteiger partial charge in [0, 0.05) is 17.8 Å². The first-order chi connectivity index (χ1) is 10.6. The number of nitrogens with zero attached hydrogens (tertiary/aromatic N) is 5. The summed E-state index contributed by atoms with van der Waals surface area (Å²) in [6.45, 7) is 0. The quantitative estimate of drug-likeness (QED) is 0.323. The molecule has 4 aromatic rings. The summed E-state index contributed by atoms with van der Waals surface area (Å²) in [7, 11) is 0. The van der Waals surface area contributed by atoms with Crippen LogP contribution in [-0.2, 0) is 0 Å². The molecule has 2 N–H and O–H groups in total. The van der Waals surface area contributed by atoms with E-state index in [1.54, 1.807) is 6.07 Å². The number of nitro benzene ring substituents is 1. The van der Waals surface area contributed by atoms with Gasteiger partial charge in [0.1, 0.15) is 11.0 Å². The minimum atomic E-state index is -0.431. The molecule has 110 valence electrons. The zero-order valence-corrected chi connectivity index (χ0v) is 12.5. The molecule has 0 bridgehead atoms. The molecule has 0 saturated carbocycles. The first kappa shape index (κ1) is 14.2. The van der Waals surface area contributed by atoms with Crippen molar-refractivity contribution in [3.63, 3.8) is 0 Å². The summed E-state index contributed by atoms with van der Waals surface area (Å²) in [6.07, 6.45) is 0. The summed E-state index contributed by atoms with van der Waals surface area (Å²) >= 11 is 2.51. The highest BCUT2D eigenvalue weighted by molar-refractivity contribution is 7.13. The van der Waals surface area contributed by atoms with E-state index >= 15 is 0 Å². The van der Waals surface area contributed by atoms with Gasteiger partial charge in [-0.3, -0.25) is 10.1 Å². The summed E-state index contributed by atoms with van der Waals surface area (Å²) in [6, 6.07) is 10.1. The highest BCUT2D eigenvalue weighted by Gasteiger charge is 2.07. The molecule has 0 amide bonds. The molecular formula is C12H8N6O2S2. The Bertz CT molecular complexity index is 951. The minimum Gasteiger partial charge on any atom is -0.399 e. The Morgan fingerprint density at radius 1 is 0.955 bits per heavy atom. The SMILES string of the molecule is Nc1ccc2nnsc2c1.O=[N+]([O-])c1ccc2nnsc2c1. The fraction of sp³-hybridized carbons (Fsp3) is 0. The number of fused-ring (bicyclic) bond motifs is 2. The lowest BCUT2D eigenvalue weighted by Gasteiger charge is -1.88. The lowest BCUT2D eigenvalue weighted by molar-refractivity contribution is -0.384. The van der Waals surface area contributed by atoms with Gasteiger partial charge in [0.25, 0.3) is 5.69 Å². The molecule has 0 aliphatic heterocycles. The molecule has 4 rings (SSSR count). The zero-order chi connectivity index (χ0) is 15.5. The maximum absolute atomic E-state index is 10.3.